The smallest absolute Gasteiger partial charge is 0.356 e. The lowest BCUT2D eigenvalue weighted by molar-refractivity contribution is 0.0517. The molecule has 0 aliphatic heterocycles. The minimum Gasteiger partial charge on any atom is -0.487 e. The van der Waals surface area contributed by atoms with Crippen LogP contribution < -0.4 is 9.47 Å². The molecule has 0 aromatic carbocycles. The number of fused-ring (bicyclic) bond motifs is 2. The van der Waals surface area contributed by atoms with Crippen LogP contribution in [0.15, 0.2) is 49.1 Å². The van der Waals surface area contributed by atoms with Gasteiger partial charge < -0.3 is 19.3 Å². The number of aromatic carboxylic acids is 1. The van der Waals surface area contributed by atoms with Crippen LogP contribution in [0.1, 0.15) is 27.9 Å². The Morgan fingerprint density at radius 1 is 0.889 bits per heavy atom. The van der Waals surface area contributed by atoms with Crippen molar-refractivity contribution < 1.29 is 46.5 Å². The third kappa shape index (κ3) is 6.61. The maximum atomic E-state index is 12.0. The zero-order valence-corrected chi connectivity index (χ0v) is 18.7. The maximum absolute atomic E-state index is 12.0. The molecule has 10 nitrogen and oxygen atoms in total. The molecule has 0 atom stereocenters. The highest BCUT2D eigenvalue weighted by Gasteiger charge is 2.14. The molecular weight excluding hydrogens is 492 g/mol. The summed E-state index contributed by atoms with van der Waals surface area (Å²) in [4.78, 5) is 30.2. The molecule has 192 valence electrons. The predicted molar refractivity (Wildman–Crippen MR) is 116 cm³/mol. The van der Waals surface area contributed by atoms with Gasteiger partial charge in [-0.2, -0.15) is 0 Å². The number of carboxylic acids is 1. The second-order valence-electron chi connectivity index (χ2n) is 6.90. The van der Waals surface area contributed by atoms with Crippen molar-refractivity contribution in [1.29, 1.82) is 0 Å². The Morgan fingerprint density at radius 2 is 1.36 bits per heavy atom. The van der Waals surface area contributed by atoms with E-state index in [-0.39, 0.29) is 29.5 Å². The van der Waals surface area contributed by atoms with Crippen LogP contribution in [0, 0.1) is 0 Å². The number of carboxylic acid groups (broad SMARTS) is 1. The first-order valence-corrected chi connectivity index (χ1v) is 10.4. The molecule has 1 N–H and O–H groups in total. The monoisotopic (exact) mass is 512 g/mol. The Labute approximate surface area is 200 Å². The maximum Gasteiger partial charge on any atom is 0.356 e. The summed E-state index contributed by atoms with van der Waals surface area (Å²) < 4.78 is 65.3. The van der Waals surface area contributed by atoms with Crippen molar-refractivity contribution in [2.75, 3.05) is 19.8 Å². The lowest BCUT2D eigenvalue weighted by Gasteiger charge is -2.06. The quantitative estimate of drug-likeness (QED) is 0.266. The van der Waals surface area contributed by atoms with Crippen LogP contribution in [-0.2, 0) is 4.74 Å². The number of aromatic nitrogens is 4. The van der Waals surface area contributed by atoms with Crippen LogP contribution in [0.3, 0.4) is 0 Å². The van der Waals surface area contributed by atoms with Crippen LogP contribution in [0.25, 0.3) is 11.3 Å². The molecule has 0 bridgehead atoms. The van der Waals surface area contributed by atoms with E-state index in [0.717, 1.165) is 0 Å². The van der Waals surface area contributed by atoms with Crippen LogP contribution in [0.5, 0.6) is 11.5 Å². The molecule has 4 aromatic heterocycles. The van der Waals surface area contributed by atoms with Crippen LogP contribution in [0.4, 0.5) is 17.6 Å². The summed E-state index contributed by atoms with van der Waals surface area (Å²) in [6, 6.07) is 5.77. The Bertz CT molecular complexity index is 1340. The summed E-state index contributed by atoms with van der Waals surface area (Å²) in [5.74, 6) is -1.11. The zero-order chi connectivity index (χ0) is 26.2. The van der Waals surface area contributed by atoms with Gasteiger partial charge in [0.15, 0.2) is 11.4 Å². The Hall–Kier alpha value is -4.36. The number of imidazole rings is 2. The molecule has 4 rings (SSSR count). The summed E-state index contributed by atoms with van der Waals surface area (Å²) in [6.45, 7) is 0.587. The van der Waals surface area contributed by atoms with Gasteiger partial charge in [0.2, 0.25) is 0 Å². The van der Waals surface area contributed by atoms with Crippen LogP contribution >= 0.6 is 0 Å². The molecule has 0 unspecified atom stereocenters. The van der Waals surface area contributed by atoms with Crippen LogP contribution in [0.2, 0.25) is 0 Å². The van der Waals surface area contributed by atoms with E-state index in [1.807, 2.05) is 0 Å². The van der Waals surface area contributed by atoms with Gasteiger partial charge in [-0.05, 0) is 19.1 Å². The number of ether oxygens (including phenoxy) is 3. The highest BCUT2D eigenvalue weighted by Crippen LogP contribution is 2.17. The number of carbonyl (C=O) groups is 2. The zero-order valence-electron chi connectivity index (χ0n) is 18.7. The summed E-state index contributed by atoms with van der Waals surface area (Å²) in [5.41, 5.74) is 1.03. The molecular formula is C22H20F4N4O6. The van der Waals surface area contributed by atoms with E-state index in [1.54, 1.807) is 6.92 Å². The highest BCUT2D eigenvalue weighted by atomic mass is 19.3. The van der Waals surface area contributed by atoms with E-state index < -0.39 is 38.0 Å². The van der Waals surface area contributed by atoms with Crippen molar-refractivity contribution in [1.82, 2.24) is 18.8 Å². The molecule has 0 fully saturated rings. The molecule has 0 aliphatic rings. The van der Waals surface area contributed by atoms with Gasteiger partial charge in [-0.15, -0.1) is 0 Å². The number of alkyl halides is 4. The van der Waals surface area contributed by atoms with Crippen LogP contribution in [-0.4, -0.2) is 68.5 Å². The van der Waals surface area contributed by atoms with E-state index in [1.165, 1.54) is 57.9 Å². The lowest BCUT2D eigenvalue weighted by Crippen LogP contribution is -2.09. The summed E-state index contributed by atoms with van der Waals surface area (Å²) >= 11 is 0. The molecule has 0 saturated heterocycles. The van der Waals surface area contributed by atoms with E-state index in [4.69, 9.17) is 19.3 Å². The standard InChI is InChI=1S/C12H12F2N2O3.C10H8F2N2O3/c1-2-18-12(17)9-6-15-11-5-8(3-4-16(9)11)19-7-10(13)14;11-8(12)5-17-6-1-2-14-7(10(15)16)4-13-9(14)3-6/h3-6,10H,2,7H2,1H3;1-4,8H,5H2,(H,15,16). The van der Waals surface area contributed by atoms with Gasteiger partial charge in [-0.1, -0.05) is 0 Å². The fourth-order valence-corrected chi connectivity index (χ4v) is 2.94. The summed E-state index contributed by atoms with van der Waals surface area (Å²) in [6.07, 6.45) is 0.396. The fourth-order valence-electron chi connectivity index (χ4n) is 2.94. The van der Waals surface area contributed by atoms with Gasteiger partial charge in [0.1, 0.15) is 36.0 Å². The molecule has 36 heavy (non-hydrogen) atoms. The SMILES string of the molecule is CCOC(=O)c1cnc2cc(OCC(F)F)ccn12.O=C(O)c1cnc2cc(OCC(F)F)ccn12. The highest BCUT2D eigenvalue weighted by molar-refractivity contribution is 5.88. The van der Waals surface area contributed by atoms with Crippen molar-refractivity contribution in [3.8, 4) is 11.5 Å². The number of nitrogens with zero attached hydrogens (tertiary/aromatic N) is 4. The first kappa shape index (κ1) is 26.2. The Morgan fingerprint density at radius 3 is 1.81 bits per heavy atom. The molecule has 0 aliphatic carbocycles. The van der Waals surface area contributed by atoms with Gasteiger partial charge in [0, 0.05) is 24.5 Å². The molecule has 0 radical (unpaired) electrons. The van der Waals surface area contributed by atoms with E-state index in [0.29, 0.717) is 11.3 Å². The average molecular weight is 512 g/mol. The number of esters is 1. The minimum absolute atomic E-state index is 0.000379. The Kier molecular flexibility index (Phi) is 8.65. The van der Waals surface area contributed by atoms with Gasteiger partial charge in [-0.3, -0.25) is 8.80 Å². The normalized spacial score (nSPS) is 11.0. The summed E-state index contributed by atoms with van der Waals surface area (Å²) in [5, 5.41) is 8.83. The molecule has 0 spiro atoms. The van der Waals surface area contributed by atoms with E-state index >= 15 is 0 Å². The van der Waals surface area contributed by atoms with Crippen molar-refractivity contribution in [3.05, 3.63) is 60.4 Å². The predicted octanol–water partition coefficient (Wildman–Crippen LogP) is 3.83. The van der Waals surface area contributed by atoms with Gasteiger partial charge in [-0.25, -0.2) is 37.1 Å². The van der Waals surface area contributed by atoms with Crippen molar-refractivity contribution in [2.24, 2.45) is 0 Å². The van der Waals surface area contributed by atoms with Crippen molar-refractivity contribution >= 4 is 23.2 Å². The second-order valence-corrected chi connectivity index (χ2v) is 6.90. The number of hydrogen-bond donors (Lipinski definition) is 1. The van der Waals surface area contributed by atoms with Crippen molar-refractivity contribution in [2.45, 2.75) is 19.8 Å². The molecule has 4 heterocycles. The number of rotatable bonds is 9. The van der Waals surface area contributed by atoms with E-state index in [9.17, 15) is 27.2 Å². The third-order valence-corrected chi connectivity index (χ3v) is 4.43. The van der Waals surface area contributed by atoms with Gasteiger partial charge >= 0.3 is 11.9 Å². The largest absolute Gasteiger partial charge is 0.487 e. The third-order valence-electron chi connectivity index (χ3n) is 4.43. The minimum atomic E-state index is -2.56. The number of hydrogen-bond acceptors (Lipinski definition) is 7. The molecule has 0 amide bonds. The second kappa shape index (κ2) is 11.9. The summed E-state index contributed by atoms with van der Waals surface area (Å²) in [7, 11) is 0. The first-order chi connectivity index (χ1) is 17.2. The van der Waals surface area contributed by atoms with Gasteiger partial charge in [0.25, 0.3) is 12.9 Å². The van der Waals surface area contributed by atoms with E-state index in [2.05, 4.69) is 9.97 Å². The topological polar surface area (TPSA) is 117 Å². The molecule has 14 heteroatoms. The first-order valence-electron chi connectivity index (χ1n) is 10.4. The average Bonchev–Trinajstić information content (AvgIpc) is 3.45. The van der Waals surface area contributed by atoms with Crippen molar-refractivity contribution in [3.63, 3.8) is 0 Å². The lowest BCUT2D eigenvalue weighted by atomic mass is 10.4. The number of pyridine rings is 2. The van der Waals surface area contributed by atoms with Gasteiger partial charge in [0.05, 0.1) is 19.0 Å². The fraction of sp³-hybridized carbons (Fsp3) is 0.273. The number of carbonyl (C=O) groups excluding carboxylic acids is 1. The molecule has 0 saturated carbocycles. The Balaban J connectivity index is 0.000000202. The molecule has 4 aromatic rings. The number of halogens is 4.